The van der Waals surface area contributed by atoms with Crippen LogP contribution in [0.5, 0.6) is 0 Å². The number of H-pyrrole nitrogens is 1. The summed E-state index contributed by atoms with van der Waals surface area (Å²) in [4.78, 5) is 34.6. The van der Waals surface area contributed by atoms with Gasteiger partial charge in [0.25, 0.3) is 0 Å². The van der Waals surface area contributed by atoms with Crippen LogP contribution >= 0.6 is 0 Å². The molecular weight excluding hydrogens is 302 g/mol. The zero-order chi connectivity index (χ0) is 17.3. The van der Waals surface area contributed by atoms with Crippen molar-refractivity contribution in [3.05, 3.63) is 53.1 Å². The monoisotopic (exact) mass is 325 g/mol. The smallest absolute Gasteiger partial charge is 0.180 e. The number of carbonyl (C=O) groups excluding carboxylic acids is 2. The van der Waals surface area contributed by atoms with E-state index >= 15 is 0 Å². The minimum atomic E-state index is -0.433. The number of nitrogens with one attached hydrogen (secondary N) is 1. The largest absolute Gasteiger partial charge is 0.358 e. The maximum Gasteiger partial charge on any atom is 0.180 e. The first-order chi connectivity index (χ1) is 11.6. The second kappa shape index (κ2) is 6.69. The zero-order valence-electron chi connectivity index (χ0n) is 14.4. The van der Waals surface area contributed by atoms with Crippen LogP contribution in [0.2, 0.25) is 0 Å². The average Bonchev–Trinajstić information content (AvgIpc) is 3.10. The van der Waals surface area contributed by atoms with Crippen LogP contribution in [0.15, 0.2) is 30.7 Å². The van der Waals surface area contributed by atoms with E-state index in [9.17, 15) is 9.59 Å². The van der Waals surface area contributed by atoms with E-state index in [4.69, 9.17) is 0 Å². The summed E-state index contributed by atoms with van der Waals surface area (Å²) in [6.45, 7) is 8.32. The molecule has 0 fully saturated rings. The molecule has 1 aliphatic rings. The van der Waals surface area contributed by atoms with Gasteiger partial charge < -0.3 is 4.98 Å². The molecule has 0 aromatic carbocycles. The van der Waals surface area contributed by atoms with Crippen molar-refractivity contribution in [1.29, 1.82) is 0 Å². The summed E-state index contributed by atoms with van der Waals surface area (Å²) in [5.41, 5.74) is 2.85. The lowest BCUT2D eigenvalue weighted by Crippen LogP contribution is -2.27. The van der Waals surface area contributed by atoms with Gasteiger partial charge in [-0.3, -0.25) is 19.5 Å². The fourth-order valence-electron chi connectivity index (χ4n) is 3.52. The molecule has 1 N–H and O–H groups in total. The molecule has 0 bridgehead atoms. The van der Waals surface area contributed by atoms with Crippen LogP contribution in [0, 0.1) is 0 Å². The number of aromatic amines is 1. The summed E-state index contributed by atoms with van der Waals surface area (Å²) in [6.07, 6.45) is 5.42. The summed E-state index contributed by atoms with van der Waals surface area (Å²) in [5, 5.41) is 0. The van der Waals surface area contributed by atoms with Gasteiger partial charge in [0.1, 0.15) is 0 Å². The first-order valence-corrected chi connectivity index (χ1v) is 8.50. The molecule has 0 radical (unpaired) electrons. The lowest BCUT2D eigenvalue weighted by molar-refractivity contribution is 0.0863. The van der Waals surface area contributed by atoms with Crippen molar-refractivity contribution in [3.63, 3.8) is 0 Å². The molecule has 1 aliphatic carbocycles. The van der Waals surface area contributed by atoms with Gasteiger partial charge in [-0.2, -0.15) is 0 Å². The number of aromatic nitrogens is 2. The summed E-state index contributed by atoms with van der Waals surface area (Å²) >= 11 is 0. The van der Waals surface area contributed by atoms with Gasteiger partial charge in [-0.15, -0.1) is 0 Å². The Morgan fingerprint density at radius 3 is 2.75 bits per heavy atom. The van der Waals surface area contributed by atoms with Crippen molar-refractivity contribution in [3.8, 4) is 0 Å². The fraction of sp³-hybridized carbons (Fsp3) is 0.421. The lowest BCUT2D eigenvalue weighted by Gasteiger charge is -2.27. The van der Waals surface area contributed by atoms with E-state index in [-0.39, 0.29) is 24.0 Å². The Morgan fingerprint density at radius 1 is 1.29 bits per heavy atom. The number of nitrogens with zero attached hydrogens (tertiary/aromatic N) is 2. The van der Waals surface area contributed by atoms with Crippen LogP contribution in [0.1, 0.15) is 71.1 Å². The second-order valence-corrected chi connectivity index (χ2v) is 6.26. The van der Waals surface area contributed by atoms with Crippen molar-refractivity contribution in [2.45, 2.75) is 39.2 Å². The number of rotatable bonds is 5. The van der Waals surface area contributed by atoms with Crippen LogP contribution < -0.4 is 0 Å². The molecule has 0 amide bonds. The van der Waals surface area contributed by atoms with Gasteiger partial charge in [-0.25, -0.2) is 0 Å². The number of carbonyl (C=O) groups is 2. The van der Waals surface area contributed by atoms with Gasteiger partial charge in [-0.05, 0) is 37.2 Å². The second-order valence-electron chi connectivity index (χ2n) is 6.26. The Balaban J connectivity index is 1.92. The van der Waals surface area contributed by atoms with Crippen molar-refractivity contribution in [1.82, 2.24) is 14.9 Å². The van der Waals surface area contributed by atoms with E-state index in [1.165, 1.54) is 0 Å². The van der Waals surface area contributed by atoms with Crippen LogP contribution in [0.25, 0.3) is 0 Å². The molecule has 5 nitrogen and oxygen atoms in total. The van der Waals surface area contributed by atoms with Crippen LogP contribution in [0.3, 0.4) is 0 Å². The third kappa shape index (κ3) is 2.80. The topological polar surface area (TPSA) is 66.1 Å². The molecule has 2 aromatic rings. The molecule has 3 rings (SSSR count). The highest BCUT2D eigenvalue weighted by atomic mass is 16.1. The molecule has 2 heterocycles. The van der Waals surface area contributed by atoms with Crippen LogP contribution in [-0.4, -0.2) is 39.5 Å². The molecule has 0 spiro atoms. The Labute approximate surface area is 142 Å². The van der Waals surface area contributed by atoms with Gasteiger partial charge >= 0.3 is 0 Å². The van der Waals surface area contributed by atoms with Gasteiger partial charge in [0.15, 0.2) is 11.6 Å². The van der Waals surface area contributed by atoms with Crippen molar-refractivity contribution in [2.75, 3.05) is 13.1 Å². The minimum absolute atomic E-state index is 0.000271. The first-order valence-electron chi connectivity index (χ1n) is 8.50. The molecule has 2 atom stereocenters. The Morgan fingerprint density at radius 2 is 2.04 bits per heavy atom. The fourth-order valence-corrected chi connectivity index (χ4v) is 3.52. The predicted molar refractivity (Wildman–Crippen MR) is 92.4 cm³/mol. The number of Topliss-reactive ketones (excluding diaryl/α,β-unsaturated/α-hetero) is 2. The number of hydrogen-bond donors (Lipinski definition) is 1. The molecule has 24 heavy (non-hydrogen) atoms. The molecular formula is C19H23N3O2. The van der Waals surface area contributed by atoms with E-state index in [2.05, 4.69) is 35.6 Å². The predicted octanol–water partition coefficient (Wildman–Crippen LogP) is 3.37. The summed E-state index contributed by atoms with van der Waals surface area (Å²) < 4.78 is 0. The van der Waals surface area contributed by atoms with Gasteiger partial charge in [0.2, 0.25) is 0 Å². The highest BCUT2D eigenvalue weighted by Crippen LogP contribution is 2.33. The third-order valence-electron chi connectivity index (χ3n) is 5.02. The summed E-state index contributed by atoms with van der Waals surface area (Å²) in [7, 11) is 0. The number of ketones is 2. The van der Waals surface area contributed by atoms with Crippen molar-refractivity contribution < 1.29 is 9.59 Å². The molecule has 0 saturated carbocycles. The van der Waals surface area contributed by atoms with E-state index in [1.54, 1.807) is 18.5 Å². The lowest BCUT2D eigenvalue weighted by atomic mass is 9.81. The highest BCUT2D eigenvalue weighted by Gasteiger charge is 2.34. The van der Waals surface area contributed by atoms with Crippen LogP contribution in [-0.2, 0) is 0 Å². The van der Waals surface area contributed by atoms with E-state index in [1.807, 2.05) is 12.3 Å². The van der Waals surface area contributed by atoms with E-state index in [0.29, 0.717) is 11.3 Å². The molecule has 126 valence electrons. The van der Waals surface area contributed by atoms with Gasteiger partial charge in [-0.1, -0.05) is 19.9 Å². The third-order valence-corrected chi connectivity index (χ3v) is 5.02. The normalized spacial score (nSPS) is 18.8. The van der Waals surface area contributed by atoms with Crippen LogP contribution in [0.4, 0.5) is 0 Å². The summed E-state index contributed by atoms with van der Waals surface area (Å²) in [6, 6.07) is 3.95. The Bertz CT molecular complexity index is 761. The average molecular weight is 325 g/mol. The zero-order valence-corrected chi connectivity index (χ0v) is 14.4. The molecule has 2 aromatic heterocycles. The maximum atomic E-state index is 12.7. The SMILES string of the molecule is CCN(CC)C(C)c1cncc(C2CC(=O)c3[nH]ccc3C2=O)c1. The molecule has 2 unspecified atom stereocenters. The molecule has 0 aliphatic heterocycles. The molecule has 0 saturated heterocycles. The quantitative estimate of drug-likeness (QED) is 0.915. The summed E-state index contributed by atoms with van der Waals surface area (Å²) in [5.74, 6) is -0.445. The Kier molecular flexibility index (Phi) is 4.62. The van der Waals surface area contributed by atoms with Crippen molar-refractivity contribution in [2.24, 2.45) is 0 Å². The molecule has 5 heteroatoms. The van der Waals surface area contributed by atoms with E-state index < -0.39 is 5.92 Å². The number of fused-ring (bicyclic) bond motifs is 1. The first kappa shape index (κ1) is 16.6. The van der Waals surface area contributed by atoms with Gasteiger partial charge in [0, 0.05) is 36.6 Å². The van der Waals surface area contributed by atoms with E-state index in [0.717, 1.165) is 24.2 Å². The van der Waals surface area contributed by atoms with Gasteiger partial charge in [0.05, 0.1) is 11.6 Å². The maximum absolute atomic E-state index is 12.7. The minimum Gasteiger partial charge on any atom is -0.358 e. The number of pyridine rings is 1. The Hall–Kier alpha value is -2.27. The number of hydrogen-bond acceptors (Lipinski definition) is 4. The standard InChI is InChI=1S/C19H23N3O2/c1-4-22(5-2)12(3)13-8-14(11-20-10-13)16-9-17(23)18-15(19(16)24)6-7-21-18/h6-8,10-12,16,21H,4-5,9H2,1-3H3. The van der Waals surface area contributed by atoms with Crippen molar-refractivity contribution >= 4 is 11.6 Å². The highest BCUT2D eigenvalue weighted by molar-refractivity contribution is 6.15.